The smallest absolute Gasteiger partial charge is 0.325 e. The molecule has 0 radical (unpaired) electrons. The minimum absolute atomic E-state index is 0.103. The average Bonchev–Trinajstić information content (AvgIpc) is 3.12. The van der Waals surface area contributed by atoms with Gasteiger partial charge in [0.2, 0.25) is 0 Å². The molecule has 0 fully saturated rings. The van der Waals surface area contributed by atoms with Gasteiger partial charge in [-0.05, 0) is 48.5 Å². The summed E-state index contributed by atoms with van der Waals surface area (Å²) in [5.41, 5.74) is 2.06. The molecule has 0 aliphatic heterocycles. The predicted molar refractivity (Wildman–Crippen MR) is 80.8 cm³/mol. The van der Waals surface area contributed by atoms with E-state index in [4.69, 9.17) is 15.3 Å². The molecular formula is C16H14N2O5. The highest BCUT2D eigenvalue weighted by molar-refractivity contribution is 6.04. The molecule has 0 spiro atoms. The summed E-state index contributed by atoms with van der Waals surface area (Å²) < 4.78 is 1.56. The van der Waals surface area contributed by atoms with Crippen LogP contribution in [-0.2, 0) is 0 Å². The zero-order valence-electron chi connectivity index (χ0n) is 12.2. The third-order valence-corrected chi connectivity index (χ3v) is 3.70. The van der Waals surface area contributed by atoms with Crippen LogP contribution in [0.15, 0.2) is 48.5 Å². The Balaban J connectivity index is 1.85. The van der Waals surface area contributed by atoms with E-state index in [1.807, 2.05) is 24.3 Å². The van der Waals surface area contributed by atoms with E-state index in [0.717, 1.165) is 18.1 Å². The Morgan fingerprint density at radius 3 is 1.74 bits per heavy atom. The molecule has 0 unspecified atom stereocenters. The van der Waals surface area contributed by atoms with Gasteiger partial charge in [0.1, 0.15) is 0 Å². The normalized spacial score (nSPS) is 11.8. The van der Waals surface area contributed by atoms with E-state index >= 15 is 0 Å². The number of aliphatic hydroxyl groups is 3. The fraction of sp³-hybridized carbons (Fsp3) is 0.125. The minimum Gasteiger partial charge on any atom is -0.325 e. The molecule has 2 heterocycles. The van der Waals surface area contributed by atoms with Crippen molar-refractivity contribution < 1.29 is 24.9 Å². The van der Waals surface area contributed by atoms with Gasteiger partial charge >= 0.3 is 6.10 Å². The number of hydrogen-bond acceptors (Lipinski definition) is 5. The summed E-state index contributed by atoms with van der Waals surface area (Å²) in [5.74, 6) is -1.03. The zero-order chi connectivity index (χ0) is 16.8. The Labute approximate surface area is 130 Å². The van der Waals surface area contributed by atoms with Crippen LogP contribution < -0.4 is 0 Å². The summed E-state index contributed by atoms with van der Waals surface area (Å²) in [4.78, 5) is 24.8. The number of carbonyl (C=O) groups is 2. The fourth-order valence-electron chi connectivity index (χ4n) is 2.35. The van der Waals surface area contributed by atoms with Crippen LogP contribution in [-0.4, -0.2) is 49.7 Å². The highest BCUT2D eigenvalue weighted by Gasteiger charge is 2.30. The number of carbonyl (C=O) groups excluding carboxylic acids is 2. The van der Waals surface area contributed by atoms with E-state index in [1.165, 1.54) is 24.3 Å². The molecular weight excluding hydrogens is 300 g/mol. The van der Waals surface area contributed by atoms with E-state index in [9.17, 15) is 9.59 Å². The molecule has 2 aromatic heterocycles. The van der Waals surface area contributed by atoms with Crippen molar-refractivity contribution in [3.63, 3.8) is 0 Å². The average molecular weight is 314 g/mol. The van der Waals surface area contributed by atoms with Gasteiger partial charge in [-0.15, -0.1) is 0 Å². The summed E-state index contributed by atoms with van der Waals surface area (Å²) in [6, 6.07) is 13.0. The van der Waals surface area contributed by atoms with Gasteiger partial charge in [0.15, 0.2) is 0 Å². The molecule has 1 aromatic carbocycles. The van der Waals surface area contributed by atoms with Crippen molar-refractivity contribution in [3.05, 3.63) is 59.7 Å². The number of benzene rings is 2. The lowest BCUT2D eigenvalue weighted by molar-refractivity contribution is -0.373. The van der Waals surface area contributed by atoms with E-state index in [0.29, 0.717) is 10.5 Å². The standard InChI is InChI=1S/C16H14N2O5/c1-17(16(21,22)23)14(19)10-2-4-11(5-3-10)15(20)18-12-6-7-13(18)9-8-12/h2-9,21-23H,1H3. The summed E-state index contributed by atoms with van der Waals surface area (Å²) in [7, 11) is 1.04. The van der Waals surface area contributed by atoms with Crippen LogP contribution >= 0.6 is 0 Å². The van der Waals surface area contributed by atoms with Crippen LogP contribution in [0.3, 0.4) is 0 Å². The van der Waals surface area contributed by atoms with Gasteiger partial charge in [-0.1, -0.05) is 0 Å². The first-order chi connectivity index (χ1) is 10.8. The van der Waals surface area contributed by atoms with Crippen LogP contribution in [0.2, 0.25) is 0 Å². The first-order valence-electron chi connectivity index (χ1n) is 6.79. The van der Waals surface area contributed by atoms with Gasteiger partial charge in [-0.25, -0.2) is 0 Å². The molecule has 2 bridgehead atoms. The SMILES string of the molecule is CN(C(=O)c1ccc(C(=O)n2c3ccc2cc3)cc1)C(O)(O)O. The van der Waals surface area contributed by atoms with Gasteiger partial charge < -0.3 is 15.3 Å². The Bertz CT molecular complexity index is 812. The largest absolute Gasteiger partial charge is 0.371 e. The van der Waals surface area contributed by atoms with Crippen LogP contribution in [0.5, 0.6) is 0 Å². The Hall–Kier alpha value is -2.74. The number of amides is 1. The number of fused-ring (bicyclic) bond motifs is 2. The van der Waals surface area contributed by atoms with E-state index < -0.39 is 12.0 Å². The maximum Gasteiger partial charge on any atom is 0.371 e. The van der Waals surface area contributed by atoms with Gasteiger partial charge in [0, 0.05) is 29.2 Å². The summed E-state index contributed by atoms with van der Waals surface area (Å²) in [6.45, 7) is 0. The molecule has 0 saturated carbocycles. The Kier molecular flexibility index (Phi) is 3.41. The second-order valence-corrected chi connectivity index (χ2v) is 5.20. The van der Waals surface area contributed by atoms with Gasteiger partial charge in [-0.2, -0.15) is 0 Å². The molecule has 118 valence electrons. The summed E-state index contributed by atoms with van der Waals surface area (Å²) in [5, 5.41) is 27.0. The first-order valence-corrected chi connectivity index (χ1v) is 6.79. The monoisotopic (exact) mass is 314 g/mol. The number of rotatable bonds is 3. The van der Waals surface area contributed by atoms with Gasteiger partial charge in [0.25, 0.3) is 11.8 Å². The second-order valence-electron chi connectivity index (χ2n) is 5.20. The summed E-state index contributed by atoms with van der Waals surface area (Å²) in [6.07, 6.45) is -3.25. The molecule has 0 atom stereocenters. The highest BCUT2D eigenvalue weighted by atomic mass is 16.7. The molecule has 0 aliphatic carbocycles. The van der Waals surface area contributed by atoms with E-state index in [-0.39, 0.29) is 11.5 Å². The third kappa shape index (κ3) is 2.57. The molecule has 23 heavy (non-hydrogen) atoms. The molecule has 0 saturated heterocycles. The zero-order valence-corrected chi connectivity index (χ0v) is 12.2. The van der Waals surface area contributed by atoms with Crippen molar-refractivity contribution in [3.8, 4) is 0 Å². The molecule has 1 amide bonds. The molecule has 3 aromatic rings. The fourth-order valence-corrected chi connectivity index (χ4v) is 2.35. The predicted octanol–water partition coefficient (Wildman–Crippen LogP) is 0.428. The van der Waals surface area contributed by atoms with Gasteiger partial charge in [-0.3, -0.25) is 19.1 Å². The molecule has 3 N–H and O–H groups in total. The lowest BCUT2D eigenvalue weighted by Gasteiger charge is -2.26. The Morgan fingerprint density at radius 1 is 0.870 bits per heavy atom. The number of hydrogen-bond donors (Lipinski definition) is 3. The molecule has 7 nitrogen and oxygen atoms in total. The number of aromatic nitrogens is 1. The van der Waals surface area contributed by atoms with Crippen LogP contribution in [0.25, 0.3) is 11.0 Å². The van der Waals surface area contributed by atoms with Crippen LogP contribution in [0.1, 0.15) is 20.7 Å². The van der Waals surface area contributed by atoms with Crippen LogP contribution in [0.4, 0.5) is 0 Å². The molecule has 7 heteroatoms. The van der Waals surface area contributed by atoms with Crippen molar-refractivity contribution in [2.45, 2.75) is 6.10 Å². The van der Waals surface area contributed by atoms with E-state index in [1.54, 1.807) is 4.57 Å². The third-order valence-electron chi connectivity index (χ3n) is 3.70. The highest BCUT2D eigenvalue weighted by Crippen LogP contribution is 2.19. The van der Waals surface area contributed by atoms with Crippen molar-refractivity contribution >= 4 is 22.8 Å². The maximum absolute atomic E-state index is 12.5. The van der Waals surface area contributed by atoms with Crippen molar-refractivity contribution in [1.82, 2.24) is 9.47 Å². The molecule has 3 rings (SSSR count). The Morgan fingerprint density at radius 2 is 1.30 bits per heavy atom. The van der Waals surface area contributed by atoms with Crippen molar-refractivity contribution in [1.29, 1.82) is 0 Å². The lowest BCUT2D eigenvalue weighted by atomic mass is 10.1. The minimum atomic E-state index is -3.25. The van der Waals surface area contributed by atoms with Gasteiger partial charge in [0.05, 0.1) is 0 Å². The quantitative estimate of drug-likeness (QED) is 0.608. The first kappa shape index (κ1) is 15.2. The maximum atomic E-state index is 12.5. The van der Waals surface area contributed by atoms with Crippen molar-refractivity contribution in [2.75, 3.05) is 7.05 Å². The topological polar surface area (TPSA) is 103 Å². The molecule has 0 aliphatic rings. The van der Waals surface area contributed by atoms with Crippen molar-refractivity contribution in [2.24, 2.45) is 0 Å². The van der Waals surface area contributed by atoms with E-state index in [2.05, 4.69) is 0 Å². The van der Waals surface area contributed by atoms with Crippen LogP contribution in [0, 0.1) is 0 Å². The lowest BCUT2D eigenvalue weighted by Crippen LogP contribution is -2.49. The second kappa shape index (κ2) is 5.17. The number of nitrogens with zero attached hydrogens (tertiary/aromatic N) is 2. The summed E-state index contributed by atoms with van der Waals surface area (Å²) >= 11 is 0.